The van der Waals surface area contributed by atoms with E-state index >= 15 is 0 Å². The average Bonchev–Trinajstić information content (AvgIpc) is 4.29. The van der Waals surface area contributed by atoms with E-state index in [0.29, 0.717) is 19.6 Å². The largest absolute Gasteiger partial charge is 0.340 e. The molecule has 4 aliphatic rings. The molecule has 10 nitrogen and oxygen atoms in total. The van der Waals surface area contributed by atoms with Crippen molar-refractivity contribution in [1.82, 2.24) is 25.4 Å². The molecule has 0 bridgehead atoms. The Labute approximate surface area is 386 Å². The summed E-state index contributed by atoms with van der Waals surface area (Å²) in [6.45, 7) is 5.83. The standard InChI is InChI=1S/C54H58N6O4S/c1-3-31-59(53(63)49(40-12-7-5-8-13-40)57-51(61)42-25-26-42)33-47-55-45(34-65-47)39-23-19-37(20-24-39)36-17-21-38(22-18-36)44-30-29-35(4-2)48(56-44)46-16-11-32-60(46)54(64)50(41-14-9-6-10-15-41)58-52(62)43-27-28-43/h5-10,12-15,17-24,30,34-35,42-43,46,49-50H,3-4,11,16,25-29,31-33H2,1-2H3,(H,57,61)(H,58,62). The lowest BCUT2D eigenvalue weighted by Crippen LogP contribution is -2.49. The Morgan fingerprint density at radius 1 is 0.723 bits per heavy atom. The fraction of sp³-hybridized carbons (Fsp3) is 0.370. The summed E-state index contributed by atoms with van der Waals surface area (Å²) < 4.78 is 0. The molecule has 3 fully saturated rings. The first kappa shape index (κ1) is 44.0. The number of amides is 4. The van der Waals surface area contributed by atoms with Crippen molar-refractivity contribution in [3.63, 3.8) is 0 Å². The van der Waals surface area contributed by atoms with Gasteiger partial charge in [-0.15, -0.1) is 11.3 Å². The summed E-state index contributed by atoms with van der Waals surface area (Å²) in [5, 5.41) is 9.04. The van der Waals surface area contributed by atoms with Crippen molar-refractivity contribution < 1.29 is 19.2 Å². The van der Waals surface area contributed by atoms with Crippen molar-refractivity contribution in [2.75, 3.05) is 13.1 Å². The van der Waals surface area contributed by atoms with Crippen LogP contribution in [-0.2, 0) is 25.7 Å². The molecule has 4 unspecified atom stereocenters. The molecule has 1 aromatic heterocycles. The van der Waals surface area contributed by atoms with Crippen LogP contribution < -0.4 is 10.6 Å². The fourth-order valence-corrected chi connectivity index (χ4v) is 10.0. The van der Waals surface area contributed by atoms with Crippen LogP contribution in [0, 0.1) is 17.8 Å². The Hall–Kier alpha value is -6.20. The molecule has 2 aliphatic carbocycles. The number of aliphatic imine (C=N–C) groups is 1. The van der Waals surface area contributed by atoms with Gasteiger partial charge in [0.1, 0.15) is 17.1 Å². The number of hydrogen-bond donors (Lipinski definition) is 2. The van der Waals surface area contributed by atoms with Crippen molar-refractivity contribution in [3.05, 3.63) is 142 Å². The molecule has 9 rings (SSSR count). The lowest BCUT2D eigenvalue weighted by atomic mass is 9.87. The number of likely N-dealkylation sites (tertiary alicyclic amines) is 1. The number of aromatic nitrogens is 1. The van der Waals surface area contributed by atoms with Crippen LogP contribution in [0.4, 0.5) is 0 Å². The SMILES string of the molecule is CCCN(Cc1nc(-c2ccc(-c3ccc(C4=CCC(CC)C(C5CCCN5C(=O)C(NC(=O)C5CC5)c5ccccc5)=N4)cc3)cc2)cs1)C(=O)C(NC(=O)C1CC1)c1ccccc1. The number of carbonyl (C=O) groups is 4. The van der Waals surface area contributed by atoms with Gasteiger partial charge >= 0.3 is 0 Å². The first-order chi connectivity index (χ1) is 31.8. The van der Waals surface area contributed by atoms with E-state index in [9.17, 15) is 19.2 Å². The molecule has 0 radical (unpaired) electrons. The molecule has 0 spiro atoms. The third-order valence-electron chi connectivity index (χ3n) is 13.2. The van der Waals surface area contributed by atoms with Crippen molar-refractivity contribution >= 4 is 46.4 Å². The minimum absolute atomic E-state index is 0.000834. The maximum Gasteiger partial charge on any atom is 0.250 e. The van der Waals surface area contributed by atoms with Crippen LogP contribution in [0.5, 0.6) is 0 Å². The van der Waals surface area contributed by atoms with Gasteiger partial charge in [-0.25, -0.2) is 4.98 Å². The normalized spacial score (nSPS) is 19.1. The first-order valence-corrected chi connectivity index (χ1v) is 24.4. The monoisotopic (exact) mass is 886 g/mol. The van der Waals surface area contributed by atoms with E-state index in [1.807, 2.05) is 75.8 Å². The molecule has 65 heavy (non-hydrogen) atoms. The molecule has 1 saturated heterocycles. The molecule has 4 aromatic carbocycles. The van der Waals surface area contributed by atoms with E-state index in [1.165, 1.54) is 0 Å². The van der Waals surface area contributed by atoms with Crippen molar-refractivity contribution in [3.8, 4) is 22.4 Å². The maximum atomic E-state index is 14.4. The Morgan fingerprint density at radius 3 is 1.88 bits per heavy atom. The maximum absolute atomic E-state index is 14.4. The van der Waals surface area contributed by atoms with Gasteiger partial charge in [0, 0.05) is 47.5 Å². The zero-order valence-corrected chi connectivity index (χ0v) is 38.1. The molecule has 2 N–H and O–H groups in total. The summed E-state index contributed by atoms with van der Waals surface area (Å²) >= 11 is 1.54. The highest BCUT2D eigenvalue weighted by atomic mass is 32.1. The van der Waals surface area contributed by atoms with Crippen LogP contribution in [-0.4, -0.2) is 63.3 Å². The molecule has 334 valence electrons. The Kier molecular flexibility index (Phi) is 13.5. The van der Waals surface area contributed by atoms with Gasteiger partial charge < -0.3 is 20.4 Å². The Morgan fingerprint density at radius 2 is 1.29 bits per heavy atom. The number of hydrogen-bond acceptors (Lipinski definition) is 7. The molecule has 4 amide bonds. The van der Waals surface area contributed by atoms with Gasteiger partial charge in [0.2, 0.25) is 23.6 Å². The van der Waals surface area contributed by atoms with E-state index in [2.05, 4.69) is 79.1 Å². The van der Waals surface area contributed by atoms with Crippen LogP contribution >= 0.6 is 11.3 Å². The summed E-state index contributed by atoms with van der Waals surface area (Å²) in [6.07, 6.45) is 10.1. The topological polar surface area (TPSA) is 124 Å². The minimum Gasteiger partial charge on any atom is -0.340 e. The van der Waals surface area contributed by atoms with Gasteiger partial charge in [0.25, 0.3) is 0 Å². The van der Waals surface area contributed by atoms with Gasteiger partial charge in [-0.1, -0.05) is 129 Å². The summed E-state index contributed by atoms with van der Waals surface area (Å²) in [7, 11) is 0. The molecular weight excluding hydrogens is 829 g/mol. The number of carbonyl (C=O) groups excluding carboxylic acids is 4. The highest BCUT2D eigenvalue weighted by Crippen LogP contribution is 2.36. The van der Waals surface area contributed by atoms with Gasteiger partial charge in [-0.05, 0) is 85.6 Å². The zero-order chi connectivity index (χ0) is 44.9. The van der Waals surface area contributed by atoms with Crippen LogP contribution in [0.2, 0.25) is 0 Å². The number of nitrogens with one attached hydrogen (secondary N) is 2. The molecular formula is C54H58N6O4S. The van der Waals surface area contributed by atoms with Gasteiger partial charge in [0.05, 0.1) is 24.0 Å². The van der Waals surface area contributed by atoms with Gasteiger partial charge in [-0.2, -0.15) is 0 Å². The third kappa shape index (κ3) is 10.2. The lowest BCUT2D eigenvalue weighted by molar-refractivity contribution is -0.137. The van der Waals surface area contributed by atoms with Crippen LogP contribution in [0.15, 0.2) is 126 Å². The second-order valence-corrected chi connectivity index (χ2v) is 18.9. The lowest BCUT2D eigenvalue weighted by Gasteiger charge is -2.34. The van der Waals surface area contributed by atoms with E-state index in [0.717, 1.165) is 113 Å². The second-order valence-electron chi connectivity index (χ2n) is 18.0. The fourth-order valence-electron chi connectivity index (χ4n) is 9.20. The highest BCUT2D eigenvalue weighted by molar-refractivity contribution is 7.09. The molecule has 2 aliphatic heterocycles. The van der Waals surface area contributed by atoms with Crippen LogP contribution in [0.3, 0.4) is 0 Å². The van der Waals surface area contributed by atoms with Gasteiger partial charge in [0.15, 0.2) is 0 Å². The molecule has 3 heterocycles. The number of rotatable bonds is 17. The smallest absolute Gasteiger partial charge is 0.250 e. The second kappa shape index (κ2) is 19.9. The van der Waals surface area contributed by atoms with E-state index in [1.54, 1.807) is 11.3 Å². The molecule has 11 heteroatoms. The van der Waals surface area contributed by atoms with Crippen molar-refractivity contribution in [2.45, 2.75) is 96.3 Å². The van der Waals surface area contributed by atoms with Crippen molar-refractivity contribution in [1.29, 1.82) is 0 Å². The Bertz CT molecular complexity index is 2550. The number of nitrogens with zero attached hydrogens (tertiary/aromatic N) is 4. The highest BCUT2D eigenvalue weighted by Gasteiger charge is 2.41. The van der Waals surface area contributed by atoms with Crippen LogP contribution in [0.25, 0.3) is 28.1 Å². The van der Waals surface area contributed by atoms with Crippen molar-refractivity contribution in [2.24, 2.45) is 22.7 Å². The molecule has 5 aromatic rings. The molecule has 2 saturated carbocycles. The minimum atomic E-state index is -0.734. The van der Waals surface area contributed by atoms with Crippen LogP contribution in [0.1, 0.15) is 105 Å². The summed E-state index contributed by atoms with van der Waals surface area (Å²) in [6, 6.07) is 34.6. The predicted octanol–water partition coefficient (Wildman–Crippen LogP) is 9.95. The summed E-state index contributed by atoms with van der Waals surface area (Å²) in [4.78, 5) is 68.4. The number of thiazole rings is 1. The number of allylic oxidation sites excluding steroid dienone is 1. The average molecular weight is 887 g/mol. The summed E-state index contributed by atoms with van der Waals surface area (Å²) in [5.74, 6) is -0.00449. The third-order valence-corrected chi connectivity index (χ3v) is 14.1. The number of benzene rings is 4. The Balaban J connectivity index is 0.869. The predicted molar refractivity (Wildman–Crippen MR) is 257 cm³/mol. The quantitative estimate of drug-likeness (QED) is 0.0963. The first-order valence-electron chi connectivity index (χ1n) is 23.5. The van der Waals surface area contributed by atoms with E-state index in [4.69, 9.17) is 9.98 Å². The van der Waals surface area contributed by atoms with Gasteiger partial charge in [-0.3, -0.25) is 24.2 Å². The van der Waals surface area contributed by atoms with E-state index < -0.39 is 12.1 Å². The zero-order valence-electron chi connectivity index (χ0n) is 37.3. The molecule has 4 atom stereocenters. The summed E-state index contributed by atoms with van der Waals surface area (Å²) in [5.41, 5.74) is 8.68. The van der Waals surface area contributed by atoms with E-state index in [-0.39, 0.29) is 47.4 Å².